The summed E-state index contributed by atoms with van der Waals surface area (Å²) < 4.78 is 5.66. The van der Waals surface area contributed by atoms with E-state index in [2.05, 4.69) is 18.2 Å². The van der Waals surface area contributed by atoms with Gasteiger partial charge in [0.05, 0.1) is 6.61 Å². The van der Waals surface area contributed by atoms with Crippen molar-refractivity contribution in [1.29, 1.82) is 0 Å². The first kappa shape index (κ1) is 13.6. The van der Waals surface area contributed by atoms with Gasteiger partial charge in [-0.05, 0) is 28.7 Å². The molecule has 0 spiro atoms. The molecule has 1 atom stereocenters. The van der Waals surface area contributed by atoms with Crippen LogP contribution in [0.15, 0.2) is 42.5 Å². The molecule has 1 aliphatic carbocycles. The molecule has 1 saturated carbocycles. The Labute approximate surface area is 120 Å². The van der Waals surface area contributed by atoms with Crippen molar-refractivity contribution >= 4 is 10.8 Å². The number of ether oxygens (including phenoxy) is 1. The van der Waals surface area contributed by atoms with Crippen molar-refractivity contribution in [2.24, 2.45) is 5.92 Å². The minimum atomic E-state index is -0.539. The monoisotopic (exact) mass is 270 g/mol. The Morgan fingerprint density at radius 1 is 1.10 bits per heavy atom. The van der Waals surface area contributed by atoms with Gasteiger partial charge in [-0.15, -0.1) is 0 Å². The van der Waals surface area contributed by atoms with Crippen molar-refractivity contribution in [3.05, 3.63) is 48.0 Å². The fourth-order valence-electron chi connectivity index (χ4n) is 2.86. The molecule has 1 N–H and O–H groups in total. The van der Waals surface area contributed by atoms with E-state index in [9.17, 15) is 5.11 Å². The van der Waals surface area contributed by atoms with Crippen molar-refractivity contribution in [3.63, 3.8) is 0 Å². The maximum atomic E-state index is 10.3. The number of hydrogen-bond acceptors (Lipinski definition) is 2. The summed E-state index contributed by atoms with van der Waals surface area (Å²) in [6.07, 6.45) is 4.69. The van der Waals surface area contributed by atoms with Gasteiger partial charge in [-0.3, -0.25) is 0 Å². The largest absolute Gasteiger partial charge is 0.386 e. The molecule has 1 fully saturated rings. The van der Waals surface area contributed by atoms with Gasteiger partial charge < -0.3 is 9.84 Å². The minimum Gasteiger partial charge on any atom is -0.386 e. The predicted octanol–water partition coefficient (Wildman–Crippen LogP) is 4.08. The maximum absolute atomic E-state index is 10.3. The van der Waals surface area contributed by atoms with Crippen LogP contribution in [0.5, 0.6) is 0 Å². The van der Waals surface area contributed by atoms with Gasteiger partial charge >= 0.3 is 0 Å². The fourth-order valence-corrected chi connectivity index (χ4v) is 2.86. The Morgan fingerprint density at radius 3 is 2.70 bits per heavy atom. The second-order valence-corrected chi connectivity index (χ2v) is 5.74. The van der Waals surface area contributed by atoms with Crippen molar-refractivity contribution < 1.29 is 9.84 Å². The predicted molar refractivity (Wildman–Crippen MR) is 81.7 cm³/mol. The zero-order chi connectivity index (χ0) is 13.8. The van der Waals surface area contributed by atoms with Gasteiger partial charge in [0.1, 0.15) is 6.10 Å². The Kier molecular flexibility index (Phi) is 4.34. The zero-order valence-corrected chi connectivity index (χ0v) is 11.8. The van der Waals surface area contributed by atoms with Crippen LogP contribution >= 0.6 is 0 Å². The van der Waals surface area contributed by atoms with Crippen LogP contribution in [0, 0.1) is 5.92 Å². The highest BCUT2D eigenvalue weighted by Gasteiger charge is 2.17. The Hall–Kier alpha value is -1.38. The van der Waals surface area contributed by atoms with Crippen molar-refractivity contribution in [1.82, 2.24) is 0 Å². The topological polar surface area (TPSA) is 29.5 Å². The summed E-state index contributed by atoms with van der Waals surface area (Å²) in [4.78, 5) is 0. The Morgan fingerprint density at radius 2 is 1.90 bits per heavy atom. The summed E-state index contributed by atoms with van der Waals surface area (Å²) in [5, 5.41) is 12.6. The minimum absolute atomic E-state index is 0.390. The summed E-state index contributed by atoms with van der Waals surface area (Å²) in [6, 6.07) is 14.2. The number of hydrogen-bond donors (Lipinski definition) is 1. The quantitative estimate of drug-likeness (QED) is 0.801. The molecule has 2 nitrogen and oxygen atoms in total. The third-order valence-corrected chi connectivity index (χ3v) is 4.35. The highest BCUT2D eigenvalue weighted by atomic mass is 16.5. The Balaban J connectivity index is 1.58. The smallest absolute Gasteiger partial charge is 0.103 e. The molecular formula is C18H22O2. The van der Waals surface area contributed by atoms with Crippen LogP contribution in [-0.4, -0.2) is 18.3 Å². The molecule has 1 unspecified atom stereocenters. The second kappa shape index (κ2) is 6.38. The van der Waals surface area contributed by atoms with E-state index in [1.165, 1.54) is 24.6 Å². The second-order valence-electron chi connectivity index (χ2n) is 5.74. The van der Waals surface area contributed by atoms with E-state index >= 15 is 0 Å². The van der Waals surface area contributed by atoms with Crippen molar-refractivity contribution in [3.8, 4) is 0 Å². The van der Waals surface area contributed by atoms with Gasteiger partial charge in [0, 0.05) is 6.61 Å². The molecule has 2 aromatic rings. The lowest BCUT2D eigenvalue weighted by Crippen LogP contribution is -2.15. The summed E-state index contributed by atoms with van der Waals surface area (Å²) in [7, 11) is 0. The molecule has 3 rings (SSSR count). The molecule has 1 aliphatic rings. The van der Waals surface area contributed by atoms with Gasteiger partial charge in [-0.25, -0.2) is 0 Å². The van der Waals surface area contributed by atoms with Gasteiger partial charge in [0.25, 0.3) is 0 Å². The molecule has 0 bridgehead atoms. The molecule has 2 aromatic carbocycles. The lowest BCUT2D eigenvalue weighted by atomic mass is 9.83. The van der Waals surface area contributed by atoms with Crippen LogP contribution in [0.2, 0.25) is 0 Å². The van der Waals surface area contributed by atoms with E-state index in [0.717, 1.165) is 29.9 Å². The summed E-state index contributed by atoms with van der Waals surface area (Å²) in [5.74, 6) is 0.865. The van der Waals surface area contributed by atoms with Gasteiger partial charge in [-0.1, -0.05) is 61.7 Å². The molecule has 0 amide bonds. The van der Waals surface area contributed by atoms with E-state index in [1.807, 2.05) is 24.3 Å². The fraction of sp³-hybridized carbons (Fsp3) is 0.444. The number of fused-ring (bicyclic) bond motifs is 1. The first-order chi connectivity index (χ1) is 9.84. The van der Waals surface area contributed by atoms with Gasteiger partial charge in [-0.2, -0.15) is 0 Å². The van der Waals surface area contributed by atoms with E-state index < -0.39 is 6.10 Å². The third kappa shape index (κ3) is 3.02. The van der Waals surface area contributed by atoms with E-state index in [-0.39, 0.29) is 0 Å². The standard InChI is InChI=1S/C18H22O2/c19-18(13-20-12-11-14-5-3-6-14)17-10-4-8-15-7-1-2-9-16(15)17/h1-2,4,7-10,14,18-19H,3,5-6,11-13H2. The molecule has 106 valence electrons. The molecule has 0 radical (unpaired) electrons. The maximum Gasteiger partial charge on any atom is 0.103 e. The molecule has 0 saturated heterocycles. The molecule has 0 heterocycles. The third-order valence-electron chi connectivity index (χ3n) is 4.35. The molecule has 20 heavy (non-hydrogen) atoms. The van der Waals surface area contributed by atoms with E-state index in [4.69, 9.17) is 4.74 Å². The van der Waals surface area contributed by atoms with Gasteiger partial charge in [0.15, 0.2) is 0 Å². The average Bonchev–Trinajstić information content (AvgIpc) is 2.44. The summed E-state index contributed by atoms with van der Waals surface area (Å²) >= 11 is 0. The first-order valence-electron chi connectivity index (χ1n) is 7.58. The molecule has 0 aliphatic heterocycles. The van der Waals surface area contributed by atoms with Crippen LogP contribution in [0.3, 0.4) is 0 Å². The molecule has 2 heteroatoms. The molecule has 0 aromatic heterocycles. The zero-order valence-electron chi connectivity index (χ0n) is 11.8. The van der Waals surface area contributed by atoms with E-state index in [0.29, 0.717) is 6.61 Å². The van der Waals surface area contributed by atoms with E-state index in [1.54, 1.807) is 0 Å². The van der Waals surface area contributed by atoms with Crippen molar-refractivity contribution in [2.45, 2.75) is 31.8 Å². The van der Waals surface area contributed by atoms with Crippen LogP contribution in [0.1, 0.15) is 37.4 Å². The van der Waals surface area contributed by atoms with Crippen LogP contribution in [0.25, 0.3) is 10.8 Å². The SMILES string of the molecule is OC(COCCC1CCC1)c1cccc2ccccc12. The first-order valence-corrected chi connectivity index (χ1v) is 7.58. The summed E-state index contributed by atoms with van der Waals surface area (Å²) in [5.41, 5.74) is 0.965. The number of aliphatic hydroxyl groups excluding tert-OH is 1. The van der Waals surface area contributed by atoms with Crippen LogP contribution in [-0.2, 0) is 4.74 Å². The van der Waals surface area contributed by atoms with Gasteiger partial charge in [0.2, 0.25) is 0 Å². The number of rotatable bonds is 6. The lowest BCUT2D eigenvalue weighted by molar-refractivity contribution is 0.0272. The highest BCUT2D eigenvalue weighted by Crippen LogP contribution is 2.29. The highest BCUT2D eigenvalue weighted by molar-refractivity contribution is 5.85. The van der Waals surface area contributed by atoms with Crippen LogP contribution < -0.4 is 0 Å². The number of benzene rings is 2. The normalized spacial score (nSPS) is 17.1. The van der Waals surface area contributed by atoms with Crippen LogP contribution in [0.4, 0.5) is 0 Å². The lowest BCUT2D eigenvalue weighted by Gasteiger charge is -2.25. The molecular weight excluding hydrogens is 248 g/mol. The summed E-state index contributed by atoms with van der Waals surface area (Å²) in [6.45, 7) is 1.16. The number of aliphatic hydroxyl groups is 1. The average molecular weight is 270 g/mol. The van der Waals surface area contributed by atoms with Crippen molar-refractivity contribution in [2.75, 3.05) is 13.2 Å². The Bertz CT molecular complexity index is 555.